The number of carboxylic acid groups (broad SMARTS) is 1. The van der Waals surface area contributed by atoms with Crippen LogP contribution in [-0.4, -0.2) is 72.0 Å². The van der Waals surface area contributed by atoms with Crippen LogP contribution in [0.2, 0.25) is 0 Å². The van der Waals surface area contributed by atoms with Crippen LogP contribution in [0.25, 0.3) is 0 Å². The van der Waals surface area contributed by atoms with Crippen molar-refractivity contribution in [2.24, 2.45) is 0 Å². The van der Waals surface area contributed by atoms with Crippen molar-refractivity contribution in [3.8, 4) is 0 Å². The lowest BCUT2D eigenvalue weighted by Crippen LogP contribution is -2.67. The van der Waals surface area contributed by atoms with Crippen molar-refractivity contribution in [1.29, 1.82) is 0 Å². The summed E-state index contributed by atoms with van der Waals surface area (Å²) in [7, 11) is 0. The molecule has 0 aromatic rings. The van der Waals surface area contributed by atoms with Crippen LogP contribution in [-0.2, 0) is 9.53 Å². The van der Waals surface area contributed by atoms with Crippen LogP contribution >= 0.6 is 0 Å². The largest absolute Gasteiger partial charge is 0.478 e. The molecular weight excluding hydrogens is 274 g/mol. The Kier molecular flexibility index (Phi) is 6.91. The summed E-state index contributed by atoms with van der Waals surface area (Å²) in [6, 6.07) is 0. The number of ether oxygens (including phenoxy) is 1. The normalized spacial score (nSPS) is 19.8. The molecule has 1 amide bonds. The molecule has 7 nitrogen and oxygen atoms in total. The average molecular weight is 301 g/mol. The Labute approximate surface area is 126 Å². The number of aliphatic carboxylic acids is 1. The summed E-state index contributed by atoms with van der Waals surface area (Å²) in [6.07, 6.45) is 1.01. The maximum absolute atomic E-state index is 11.8. The quantitative estimate of drug-likeness (QED) is 0.681. The van der Waals surface area contributed by atoms with Gasteiger partial charge in [-0.05, 0) is 19.9 Å². The van der Waals surface area contributed by atoms with Gasteiger partial charge < -0.3 is 14.7 Å². The average Bonchev–Trinajstić information content (AvgIpc) is 2.47. The lowest BCUT2D eigenvalue weighted by molar-refractivity contribution is -0.154. The Hall–Kier alpha value is -1.34. The second kappa shape index (κ2) is 8.19. The van der Waals surface area contributed by atoms with Crippen molar-refractivity contribution in [2.75, 3.05) is 39.3 Å². The lowest BCUT2D eigenvalue weighted by Gasteiger charge is -2.42. The number of carbonyl (C=O) groups is 2. The number of piperazine rings is 1. The predicted molar refractivity (Wildman–Crippen MR) is 79.1 cm³/mol. The summed E-state index contributed by atoms with van der Waals surface area (Å²) in [4.78, 5) is 27.4. The number of carboxylic acids is 1. The third-order valence-electron chi connectivity index (χ3n) is 3.94. The van der Waals surface area contributed by atoms with Crippen LogP contribution < -0.4 is 5.32 Å². The van der Waals surface area contributed by atoms with Crippen molar-refractivity contribution in [1.82, 2.24) is 15.1 Å². The van der Waals surface area contributed by atoms with Crippen LogP contribution in [0.3, 0.4) is 0 Å². The Balaban J connectivity index is 2.61. The fourth-order valence-corrected chi connectivity index (χ4v) is 2.32. The van der Waals surface area contributed by atoms with E-state index in [2.05, 4.69) is 17.1 Å². The Morgan fingerprint density at radius 2 is 1.86 bits per heavy atom. The number of unbranched alkanes of at least 4 members (excludes halogenated alkanes) is 1. The zero-order valence-electron chi connectivity index (χ0n) is 13.2. The number of nitrogens with zero attached hydrogens (tertiary/aromatic N) is 2. The minimum absolute atomic E-state index is 0.307. The molecule has 0 aromatic carbocycles. The third-order valence-corrected chi connectivity index (χ3v) is 3.94. The van der Waals surface area contributed by atoms with E-state index >= 15 is 0 Å². The molecule has 0 spiro atoms. The molecule has 1 aliphatic rings. The van der Waals surface area contributed by atoms with E-state index in [0.29, 0.717) is 19.7 Å². The smallest absolute Gasteiger partial charge is 0.409 e. The molecule has 1 fully saturated rings. The first-order valence-electron chi connectivity index (χ1n) is 7.59. The molecular formula is C14H27N3O4. The van der Waals surface area contributed by atoms with E-state index in [1.54, 1.807) is 4.90 Å². The second-order valence-corrected chi connectivity index (χ2v) is 5.41. The van der Waals surface area contributed by atoms with Gasteiger partial charge in [-0.3, -0.25) is 10.2 Å². The maximum Gasteiger partial charge on any atom is 0.409 e. The summed E-state index contributed by atoms with van der Waals surface area (Å²) < 4.78 is 5.01. The molecule has 1 saturated heterocycles. The standard InChI is InChI=1S/C14H27N3O4/c1-4-6-11-21-13(20)15-14(3,12(18)19)17-9-7-16(5-2)8-10-17/h4-11H2,1-3H3,(H,15,20)(H,18,19). The number of amides is 1. The molecule has 0 aromatic heterocycles. The highest BCUT2D eigenvalue weighted by Crippen LogP contribution is 2.15. The van der Waals surface area contributed by atoms with E-state index in [1.807, 2.05) is 6.92 Å². The second-order valence-electron chi connectivity index (χ2n) is 5.41. The molecule has 0 radical (unpaired) electrons. The Bertz CT molecular complexity index is 356. The minimum atomic E-state index is -1.43. The first-order chi connectivity index (χ1) is 9.93. The van der Waals surface area contributed by atoms with Gasteiger partial charge in [0, 0.05) is 26.2 Å². The van der Waals surface area contributed by atoms with Crippen LogP contribution in [0.4, 0.5) is 4.79 Å². The zero-order valence-corrected chi connectivity index (χ0v) is 13.2. The number of alkyl carbamates (subject to hydrolysis) is 1. The summed E-state index contributed by atoms with van der Waals surface area (Å²) in [6.45, 7) is 9.64. The molecule has 1 rings (SSSR count). The van der Waals surface area contributed by atoms with Crippen LogP contribution in [0.1, 0.15) is 33.6 Å². The van der Waals surface area contributed by atoms with Gasteiger partial charge in [-0.2, -0.15) is 0 Å². The van der Waals surface area contributed by atoms with E-state index in [-0.39, 0.29) is 0 Å². The fourth-order valence-electron chi connectivity index (χ4n) is 2.32. The monoisotopic (exact) mass is 301 g/mol. The molecule has 0 aliphatic carbocycles. The Morgan fingerprint density at radius 1 is 1.24 bits per heavy atom. The molecule has 21 heavy (non-hydrogen) atoms. The molecule has 0 saturated carbocycles. The van der Waals surface area contributed by atoms with Gasteiger partial charge in [-0.15, -0.1) is 0 Å². The number of likely N-dealkylation sites (N-methyl/N-ethyl adjacent to an activating group) is 1. The predicted octanol–water partition coefficient (Wildman–Crippen LogP) is 0.951. The van der Waals surface area contributed by atoms with Gasteiger partial charge >= 0.3 is 12.1 Å². The van der Waals surface area contributed by atoms with E-state index in [9.17, 15) is 14.7 Å². The van der Waals surface area contributed by atoms with E-state index < -0.39 is 17.7 Å². The molecule has 0 bridgehead atoms. The number of carbonyl (C=O) groups excluding carboxylic acids is 1. The molecule has 2 N–H and O–H groups in total. The van der Waals surface area contributed by atoms with Gasteiger partial charge in [0.15, 0.2) is 5.66 Å². The van der Waals surface area contributed by atoms with Crippen LogP contribution in [0, 0.1) is 0 Å². The number of rotatable bonds is 7. The van der Waals surface area contributed by atoms with E-state index in [4.69, 9.17) is 4.74 Å². The zero-order chi connectivity index (χ0) is 15.9. The lowest BCUT2D eigenvalue weighted by atomic mass is 10.1. The van der Waals surface area contributed by atoms with Gasteiger partial charge in [0.1, 0.15) is 0 Å². The van der Waals surface area contributed by atoms with Crippen LogP contribution in [0.15, 0.2) is 0 Å². The van der Waals surface area contributed by atoms with Crippen molar-refractivity contribution < 1.29 is 19.4 Å². The van der Waals surface area contributed by atoms with Crippen molar-refractivity contribution in [3.63, 3.8) is 0 Å². The third kappa shape index (κ3) is 4.86. The summed E-state index contributed by atoms with van der Waals surface area (Å²) in [5.41, 5.74) is -1.43. The number of hydrogen-bond acceptors (Lipinski definition) is 5. The number of hydrogen-bond donors (Lipinski definition) is 2. The van der Waals surface area contributed by atoms with Crippen LogP contribution in [0.5, 0.6) is 0 Å². The fraction of sp³-hybridized carbons (Fsp3) is 0.857. The van der Waals surface area contributed by atoms with Crippen molar-refractivity contribution >= 4 is 12.1 Å². The highest BCUT2D eigenvalue weighted by atomic mass is 16.5. The number of nitrogens with one attached hydrogen (secondary N) is 1. The SMILES string of the molecule is CCCCOC(=O)NC(C)(C(=O)O)N1CCN(CC)CC1. The van der Waals surface area contributed by atoms with Gasteiger partial charge in [0.25, 0.3) is 0 Å². The minimum Gasteiger partial charge on any atom is -0.478 e. The molecule has 1 atom stereocenters. The molecule has 1 unspecified atom stereocenters. The highest BCUT2D eigenvalue weighted by molar-refractivity contribution is 5.83. The molecule has 1 heterocycles. The van der Waals surface area contributed by atoms with Crippen molar-refractivity contribution in [2.45, 2.75) is 39.3 Å². The van der Waals surface area contributed by atoms with Gasteiger partial charge in [0.05, 0.1) is 6.61 Å². The van der Waals surface area contributed by atoms with E-state index in [0.717, 1.165) is 32.5 Å². The van der Waals surface area contributed by atoms with Gasteiger partial charge in [0.2, 0.25) is 0 Å². The molecule has 122 valence electrons. The highest BCUT2D eigenvalue weighted by Gasteiger charge is 2.42. The van der Waals surface area contributed by atoms with Gasteiger partial charge in [-0.1, -0.05) is 20.3 Å². The molecule has 1 aliphatic heterocycles. The summed E-state index contributed by atoms with van der Waals surface area (Å²) in [5, 5.41) is 12.0. The van der Waals surface area contributed by atoms with Gasteiger partial charge in [-0.25, -0.2) is 9.59 Å². The first kappa shape index (κ1) is 17.7. The molecule has 7 heteroatoms. The van der Waals surface area contributed by atoms with E-state index in [1.165, 1.54) is 6.92 Å². The Morgan fingerprint density at radius 3 is 2.33 bits per heavy atom. The maximum atomic E-state index is 11.8. The van der Waals surface area contributed by atoms with Crippen molar-refractivity contribution in [3.05, 3.63) is 0 Å². The summed E-state index contributed by atoms with van der Waals surface area (Å²) >= 11 is 0. The topological polar surface area (TPSA) is 82.1 Å². The first-order valence-corrected chi connectivity index (χ1v) is 7.59. The summed E-state index contributed by atoms with van der Waals surface area (Å²) in [5.74, 6) is -1.07.